The molecule has 0 amide bonds. The highest BCUT2D eigenvalue weighted by Crippen LogP contribution is 2.38. The molecule has 5 heteroatoms. The molecule has 2 aromatic heterocycles. The number of fused-ring (bicyclic) bond motifs is 1. The van der Waals surface area contributed by atoms with E-state index in [1.165, 1.54) is 11.3 Å². The van der Waals surface area contributed by atoms with E-state index in [4.69, 9.17) is 5.73 Å². The summed E-state index contributed by atoms with van der Waals surface area (Å²) in [5, 5.41) is 0.892. The van der Waals surface area contributed by atoms with Crippen molar-refractivity contribution in [3.05, 3.63) is 68.7 Å². The van der Waals surface area contributed by atoms with Crippen molar-refractivity contribution in [3.63, 3.8) is 0 Å². The van der Waals surface area contributed by atoms with E-state index in [0.29, 0.717) is 16.1 Å². The van der Waals surface area contributed by atoms with Gasteiger partial charge in [-0.1, -0.05) is 22.0 Å². The van der Waals surface area contributed by atoms with Crippen molar-refractivity contribution in [1.29, 1.82) is 0 Å². The van der Waals surface area contributed by atoms with Crippen molar-refractivity contribution in [1.82, 2.24) is 4.98 Å². The van der Waals surface area contributed by atoms with Gasteiger partial charge in [-0.25, -0.2) is 4.98 Å². The van der Waals surface area contributed by atoms with Gasteiger partial charge in [-0.05, 0) is 55.7 Å². The van der Waals surface area contributed by atoms with E-state index in [9.17, 15) is 4.79 Å². The van der Waals surface area contributed by atoms with Gasteiger partial charge >= 0.3 is 0 Å². The molecule has 2 N–H and O–H groups in total. The number of nitrogens with zero attached hydrogens (tertiary/aromatic N) is 1. The van der Waals surface area contributed by atoms with Crippen LogP contribution in [0, 0.1) is 13.8 Å². The first-order chi connectivity index (χ1) is 11.4. The lowest BCUT2D eigenvalue weighted by molar-refractivity contribution is 0.104. The monoisotopic (exact) mass is 400 g/mol. The minimum atomic E-state index is -0.0645. The Morgan fingerprint density at radius 1 is 1.33 bits per heavy atom. The van der Waals surface area contributed by atoms with E-state index < -0.39 is 0 Å². The number of nitrogen functional groups attached to an aromatic ring is 1. The number of carbonyl (C=O) groups is 1. The standard InChI is InChI=1S/C19H17BrN2OS/c1-4-5-14-10(2)15-16(21)18(24-19(15)22-11(14)3)17(23)12-6-8-13(20)9-7-12/h4,6-9H,1,5,21H2,2-3H3. The molecule has 0 radical (unpaired) electrons. The third kappa shape index (κ3) is 2.78. The third-order valence-electron chi connectivity index (χ3n) is 4.12. The summed E-state index contributed by atoms with van der Waals surface area (Å²) in [4.78, 5) is 18.9. The number of benzene rings is 1. The fourth-order valence-electron chi connectivity index (χ4n) is 2.86. The number of nitrogens with two attached hydrogens (primary N) is 1. The summed E-state index contributed by atoms with van der Waals surface area (Å²) in [6, 6.07) is 7.30. The maximum atomic E-state index is 12.8. The summed E-state index contributed by atoms with van der Waals surface area (Å²) in [5.74, 6) is -0.0645. The lowest BCUT2D eigenvalue weighted by Crippen LogP contribution is -2.02. The number of pyridine rings is 1. The van der Waals surface area contributed by atoms with Crippen LogP contribution in [0.4, 0.5) is 5.69 Å². The number of carbonyl (C=O) groups excluding carboxylic acids is 1. The largest absolute Gasteiger partial charge is 0.397 e. The van der Waals surface area contributed by atoms with Gasteiger partial charge in [0.25, 0.3) is 0 Å². The van der Waals surface area contributed by atoms with Gasteiger partial charge in [0.2, 0.25) is 5.78 Å². The first kappa shape index (κ1) is 16.9. The van der Waals surface area contributed by atoms with Crippen LogP contribution in [0.15, 0.2) is 41.4 Å². The number of hydrogen-bond acceptors (Lipinski definition) is 4. The molecule has 3 nitrogen and oxygen atoms in total. The normalized spacial score (nSPS) is 11.0. The first-order valence-electron chi connectivity index (χ1n) is 7.53. The van der Waals surface area contributed by atoms with Crippen molar-refractivity contribution in [3.8, 4) is 0 Å². The minimum Gasteiger partial charge on any atom is -0.397 e. The molecule has 0 aliphatic heterocycles. The first-order valence-corrected chi connectivity index (χ1v) is 9.14. The summed E-state index contributed by atoms with van der Waals surface area (Å²) in [7, 11) is 0. The van der Waals surface area contributed by atoms with Gasteiger partial charge in [-0.3, -0.25) is 4.79 Å². The molecule has 0 fully saturated rings. The van der Waals surface area contributed by atoms with Gasteiger partial charge in [-0.2, -0.15) is 0 Å². The predicted octanol–water partition coefficient (Wildman–Crippen LogP) is 5.22. The zero-order chi connectivity index (χ0) is 17.4. The quantitative estimate of drug-likeness (QED) is 0.482. The van der Waals surface area contributed by atoms with Gasteiger partial charge in [-0.15, -0.1) is 17.9 Å². The number of aromatic nitrogens is 1. The average molecular weight is 401 g/mol. The predicted molar refractivity (Wildman–Crippen MR) is 105 cm³/mol. The average Bonchev–Trinajstić information content (AvgIpc) is 2.88. The Morgan fingerprint density at radius 3 is 2.62 bits per heavy atom. The molecule has 0 aliphatic carbocycles. The Hall–Kier alpha value is -1.98. The van der Waals surface area contributed by atoms with Crippen molar-refractivity contribution < 1.29 is 4.79 Å². The van der Waals surface area contributed by atoms with Crippen LogP contribution in [0.5, 0.6) is 0 Å². The second kappa shape index (κ2) is 6.49. The molecule has 0 unspecified atom stereocenters. The lowest BCUT2D eigenvalue weighted by atomic mass is 10.0. The van der Waals surface area contributed by atoms with Crippen LogP contribution < -0.4 is 5.73 Å². The fourth-order valence-corrected chi connectivity index (χ4v) is 4.29. The summed E-state index contributed by atoms with van der Waals surface area (Å²) < 4.78 is 0.936. The summed E-state index contributed by atoms with van der Waals surface area (Å²) in [6.07, 6.45) is 2.60. The van der Waals surface area contributed by atoms with Gasteiger partial charge in [0, 0.05) is 21.1 Å². The van der Waals surface area contributed by atoms with Crippen LogP contribution in [-0.2, 0) is 6.42 Å². The van der Waals surface area contributed by atoms with Crippen LogP contribution in [0.3, 0.4) is 0 Å². The fraction of sp³-hybridized carbons (Fsp3) is 0.158. The van der Waals surface area contributed by atoms with E-state index >= 15 is 0 Å². The Balaban J connectivity index is 2.18. The van der Waals surface area contributed by atoms with Crippen molar-refractivity contribution in [2.75, 3.05) is 5.73 Å². The molecular formula is C19H17BrN2OS. The molecule has 24 heavy (non-hydrogen) atoms. The molecule has 1 aromatic carbocycles. The second-order valence-electron chi connectivity index (χ2n) is 5.65. The number of ketones is 1. The van der Waals surface area contributed by atoms with Crippen LogP contribution in [0.25, 0.3) is 10.2 Å². The maximum absolute atomic E-state index is 12.8. The number of anilines is 1. The Morgan fingerprint density at radius 2 is 2.00 bits per heavy atom. The van der Waals surface area contributed by atoms with E-state index in [-0.39, 0.29) is 5.78 Å². The van der Waals surface area contributed by atoms with Crippen LogP contribution in [0.2, 0.25) is 0 Å². The number of halogens is 1. The summed E-state index contributed by atoms with van der Waals surface area (Å²) in [5.41, 5.74) is 10.7. The lowest BCUT2D eigenvalue weighted by Gasteiger charge is -2.08. The number of hydrogen-bond donors (Lipinski definition) is 1. The van der Waals surface area contributed by atoms with E-state index in [2.05, 4.69) is 27.5 Å². The highest BCUT2D eigenvalue weighted by atomic mass is 79.9. The van der Waals surface area contributed by atoms with Gasteiger partial charge in [0.15, 0.2) is 0 Å². The van der Waals surface area contributed by atoms with E-state index in [1.54, 1.807) is 12.1 Å². The number of allylic oxidation sites excluding steroid dienone is 1. The second-order valence-corrected chi connectivity index (χ2v) is 7.57. The maximum Gasteiger partial charge on any atom is 0.205 e. The van der Waals surface area contributed by atoms with Crippen LogP contribution >= 0.6 is 27.3 Å². The van der Waals surface area contributed by atoms with E-state index in [0.717, 1.165) is 37.9 Å². The van der Waals surface area contributed by atoms with Gasteiger partial charge < -0.3 is 5.73 Å². The highest BCUT2D eigenvalue weighted by molar-refractivity contribution is 9.10. The minimum absolute atomic E-state index is 0.0645. The molecule has 0 saturated carbocycles. The molecule has 0 saturated heterocycles. The molecule has 0 bridgehead atoms. The SMILES string of the molecule is C=CCc1c(C)nc2sc(C(=O)c3ccc(Br)cc3)c(N)c2c1C. The Kier molecular flexibility index (Phi) is 4.56. The third-order valence-corrected chi connectivity index (χ3v) is 5.75. The van der Waals surface area contributed by atoms with Crippen LogP contribution in [-0.4, -0.2) is 10.8 Å². The molecule has 0 aliphatic rings. The zero-order valence-corrected chi connectivity index (χ0v) is 15.9. The molecule has 122 valence electrons. The summed E-state index contributed by atoms with van der Waals surface area (Å²) >= 11 is 4.75. The molecule has 0 atom stereocenters. The smallest absolute Gasteiger partial charge is 0.205 e. The van der Waals surface area contributed by atoms with Crippen molar-refractivity contribution >= 4 is 49.0 Å². The zero-order valence-electron chi connectivity index (χ0n) is 13.5. The van der Waals surface area contributed by atoms with Crippen molar-refractivity contribution in [2.45, 2.75) is 20.3 Å². The molecule has 3 rings (SSSR count). The topological polar surface area (TPSA) is 56.0 Å². The van der Waals surface area contributed by atoms with E-state index in [1.807, 2.05) is 32.1 Å². The van der Waals surface area contributed by atoms with Gasteiger partial charge in [0.05, 0.1) is 5.69 Å². The highest BCUT2D eigenvalue weighted by Gasteiger charge is 2.21. The molecule has 3 aromatic rings. The van der Waals surface area contributed by atoms with Gasteiger partial charge in [0.1, 0.15) is 9.71 Å². The molecule has 2 heterocycles. The number of rotatable bonds is 4. The van der Waals surface area contributed by atoms with Crippen LogP contribution in [0.1, 0.15) is 32.1 Å². The molecular weight excluding hydrogens is 384 g/mol. The Labute approximate surface area is 153 Å². The number of thiophene rings is 1. The van der Waals surface area contributed by atoms with Crippen molar-refractivity contribution in [2.24, 2.45) is 0 Å². The molecule has 0 spiro atoms. The summed E-state index contributed by atoms with van der Waals surface area (Å²) in [6.45, 7) is 7.82. The number of aryl methyl sites for hydroxylation is 2. The Bertz CT molecular complexity index is 958.